The first-order valence-electron chi connectivity index (χ1n) is 8.81. The Labute approximate surface area is 125 Å². The minimum absolute atomic E-state index is 0.339. The van der Waals surface area contributed by atoms with Gasteiger partial charge in [-0.15, -0.1) is 0 Å². The van der Waals surface area contributed by atoms with E-state index in [2.05, 4.69) is 25.7 Å². The smallest absolute Gasteiger partial charge is 0.137 e. The Balaban J connectivity index is 1.82. The second-order valence-corrected chi connectivity index (χ2v) is 7.56. The molecule has 2 unspecified atom stereocenters. The molecule has 1 saturated heterocycles. The van der Waals surface area contributed by atoms with Crippen LogP contribution >= 0.6 is 0 Å². The Hall–Kier alpha value is -0.370. The Morgan fingerprint density at radius 1 is 1.25 bits per heavy atom. The van der Waals surface area contributed by atoms with E-state index in [4.69, 9.17) is 0 Å². The molecule has 1 saturated carbocycles. The second kappa shape index (κ2) is 7.06. The molecule has 1 aliphatic heterocycles. The van der Waals surface area contributed by atoms with E-state index in [1.54, 1.807) is 0 Å². The predicted molar refractivity (Wildman–Crippen MR) is 84.8 cm³/mol. The minimum atomic E-state index is 0.339. The third kappa shape index (κ3) is 4.07. The van der Waals surface area contributed by atoms with Crippen molar-refractivity contribution < 1.29 is 4.79 Å². The fraction of sp³-hybridized carbons (Fsp3) is 0.944. The molecule has 0 spiro atoms. The third-order valence-corrected chi connectivity index (χ3v) is 5.96. The van der Waals surface area contributed by atoms with E-state index in [9.17, 15) is 4.79 Å². The number of ketones is 1. The summed E-state index contributed by atoms with van der Waals surface area (Å²) in [5.41, 5.74) is 0.553. The predicted octanol–water partition coefficient (Wildman–Crippen LogP) is 4.28. The van der Waals surface area contributed by atoms with Gasteiger partial charge in [-0.3, -0.25) is 4.79 Å². The van der Waals surface area contributed by atoms with Crippen molar-refractivity contribution in [1.82, 2.24) is 4.90 Å². The molecule has 0 aromatic heterocycles. The standard InChI is InChI=1S/C18H33NO/c1-4-6-15-7-8-17(20)16(13-15)14-19-11-9-18(3,5-2)10-12-19/h15-16H,4-14H2,1-3H3. The highest BCUT2D eigenvalue weighted by Crippen LogP contribution is 2.35. The second-order valence-electron chi connectivity index (χ2n) is 7.56. The number of Topliss-reactive ketones (excluding diaryl/α,β-unsaturated/α-hetero) is 1. The molecule has 0 amide bonds. The average molecular weight is 279 g/mol. The fourth-order valence-electron chi connectivity index (χ4n) is 3.99. The normalized spacial score (nSPS) is 31.4. The van der Waals surface area contributed by atoms with Crippen LogP contribution in [0.4, 0.5) is 0 Å². The molecule has 0 N–H and O–H groups in total. The molecular weight excluding hydrogens is 246 g/mol. The summed E-state index contributed by atoms with van der Waals surface area (Å²) in [4.78, 5) is 14.7. The minimum Gasteiger partial charge on any atom is -0.303 e. The van der Waals surface area contributed by atoms with Gasteiger partial charge in [0.25, 0.3) is 0 Å². The van der Waals surface area contributed by atoms with Gasteiger partial charge < -0.3 is 4.90 Å². The van der Waals surface area contributed by atoms with Crippen LogP contribution in [0.5, 0.6) is 0 Å². The lowest BCUT2D eigenvalue weighted by molar-refractivity contribution is -0.126. The summed E-state index contributed by atoms with van der Waals surface area (Å²) >= 11 is 0. The Morgan fingerprint density at radius 2 is 1.95 bits per heavy atom. The van der Waals surface area contributed by atoms with Gasteiger partial charge in [0, 0.05) is 18.9 Å². The van der Waals surface area contributed by atoms with Gasteiger partial charge in [-0.25, -0.2) is 0 Å². The van der Waals surface area contributed by atoms with Crippen LogP contribution in [-0.2, 0) is 4.79 Å². The molecule has 2 rings (SSSR count). The van der Waals surface area contributed by atoms with Gasteiger partial charge in [-0.2, -0.15) is 0 Å². The van der Waals surface area contributed by atoms with Crippen molar-refractivity contribution in [3.63, 3.8) is 0 Å². The molecule has 116 valence electrons. The highest BCUT2D eigenvalue weighted by molar-refractivity contribution is 5.81. The first-order valence-corrected chi connectivity index (χ1v) is 8.81. The van der Waals surface area contributed by atoms with Gasteiger partial charge in [0.1, 0.15) is 5.78 Å². The Kier molecular flexibility index (Phi) is 5.65. The van der Waals surface area contributed by atoms with Crippen LogP contribution in [0.2, 0.25) is 0 Å². The number of rotatable bonds is 5. The van der Waals surface area contributed by atoms with E-state index in [1.807, 2.05) is 0 Å². The summed E-state index contributed by atoms with van der Waals surface area (Å²) in [7, 11) is 0. The molecule has 2 atom stereocenters. The first-order chi connectivity index (χ1) is 9.56. The summed E-state index contributed by atoms with van der Waals surface area (Å²) in [5.74, 6) is 1.70. The van der Waals surface area contributed by atoms with Crippen LogP contribution in [0, 0.1) is 17.3 Å². The number of carbonyl (C=O) groups is 1. The topological polar surface area (TPSA) is 20.3 Å². The van der Waals surface area contributed by atoms with Gasteiger partial charge in [0.15, 0.2) is 0 Å². The van der Waals surface area contributed by atoms with Gasteiger partial charge in [-0.05, 0) is 50.1 Å². The molecule has 0 bridgehead atoms. The number of hydrogen-bond donors (Lipinski definition) is 0. The van der Waals surface area contributed by atoms with Crippen molar-refractivity contribution in [2.75, 3.05) is 19.6 Å². The van der Waals surface area contributed by atoms with E-state index in [-0.39, 0.29) is 0 Å². The van der Waals surface area contributed by atoms with E-state index in [0.717, 1.165) is 31.7 Å². The van der Waals surface area contributed by atoms with Crippen molar-refractivity contribution in [2.45, 2.75) is 72.1 Å². The zero-order valence-electron chi connectivity index (χ0n) is 13.8. The SMILES string of the molecule is CCCC1CCC(=O)C(CN2CCC(C)(CC)CC2)C1. The molecule has 0 aromatic carbocycles. The number of likely N-dealkylation sites (tertiary alicyclic amines) is 1. The molecule has 1 heterocycles. The quantitative estimate of drug-likeness (QED) is 0.748. The molecule has 1 aliphatic carbocycles. The maximum Gasteiger partial charge on any atom is 0.137 e. The molecule has 2 fully saturated rings. The van der Waals surface area contributed by atoms with Crippen molar-refractivity contribution in [1.29, 1.82) is 0 Å². The van der Waals surface area contributed by atoms with Crippen LogP contribution in [0.3, 0.4) is 0 Å². The number of nitrogens with zero attached hydrogens (tertiary/aromatic N) is 1. The van der Waals surface area contributed by atoms with Crippen molar-refractivity contribution in [3.05, 3.63) is 0 Å². The Morgan fingerprint density at radius 3 is 2.55 bits per heavy atom. The van der Waals surface area contributed by atoms with Gasteiger partial charge in [0.2, 0.25) is 0 Å². The van der Waals surface area contributed by atoms with E-state index >= 15 is 0 Å². The van der Waals surface area contributed by atoms with E-state index < -0.39 is 0 Å². The summed E-state index contributed by atoms with van der Waals surface area (Å²) in [6.45, 7) is 10.4. The Bertz CT molecular complexity index is 317. The maximum absolute atomic E-state index is 12.2. The fourth-order valence-corrected chi connectivity index (χ4v) is 3.99. The van der Waals surface area contributed by atoms with Gasteiger partial charge >= 0.3 is 0 Å². The van der Waals surface area contributed by atoms with Gasteiger partial charge in [-0.1, -0.05) is 40.0 Å². The molecule has 0 aromatic rings. The lowest BCUT2D eigenvalue weighted by Crippen LogP contribution is -2.43. The number of hydrogen-bond acceptors (Lipinski definition) is 2. The molecule has 0 radical (unpaired) electrons. The highest BCUT2D eigenvalue weighted by atomic mass is 16.1. The first kappa shape index (κ1) is 16.0. The molecular formula is C18H33NO. The van der Waals surface area contributed by atoms with Crippen molar-refractivity contribution >= 4 is 5.78 Å². The highest BCUT2D eigenvalue weighted by Gasteiger charge is 2.33. The monoisotopic (exact) mass is 279 g/mol. The molecule has 2 aliphatic rings. The summed E-state index contributed by atoms with van der Waals surface area (Å²) in [6.07, 6.45) is 9.65. The number of carbonyl (C=O) groups excluding carboxylic acids is 1. The third-order valence-electron chi connectivity index (χ3n) is 5.96. The van der Waals surface area contributed by atoms with Crippen LogP contribution in [0.25, 0.3) is 0 Å². The van der Waals surface area contributed by atoms with Crippen molar-refractivity contribution in [3.8, 4) is 0 Å². The summed E-state index contributed by atoms with van der Waals surface area (Å²) < 4.78 is 0. The van der Waals surface area contributed by atoms with Gasteiger partial charge in [0.05, 0.1) is 0 Å². The number of piperidine rings is 1. The van der Waals surface area contributed by atoms with Crippen LogP contribution < -0.4 is 0 Å². The summed E-state index contributed by atoms with van der Waals surface area (Å²) in [6, 6.07) is 0. The largest absolute Gasteiger partial charge is 0.303 e. The van der Waals surface area contributed by atoms with E-state index in [0.29, 0.717) is 17.1 Å². The lowest BCUT2D eigenvalue weighted by atomic mass is 9.76. The molecule has 2 heteroatoms. The zero-order chi connectivity index (χ0) is 14.6. The lowest BCUT2D eigenvalue weighted by Gasteiger charge is -2.41. The van der Waals surface area contributed by atoms with E-state index in [1.165, 1.54) is 45.2 Å². The molecule has 2 nitrogen and oxygen atoms in total. The summed E-state index contributed by atoms with van der Waals surface area (Å²) in [5, 5.41) is 0. The van der Waals surface area contributed by atoms with Crippen LogP contribution in [0.1, 0.15) is 72.1 Å². The molecule has 20 heavy (non-hydrogen) atoms. The maximum atomic E-state index is 12.2. The zero-order valence-corrected chi connectivity index (χ0v) is 13.8. The average Bonchev–Trinajstić information content (AvgIpc) is 2.45. The van der Waals surface area contributed by atoms with Crippen LogP contribution in [0.15, 0.2) is 0 Å². The van der Waals surface area contributed by atoms with Crippen LogP contribution in [-0.4, -0.2) is 30.3 Å². The van der Waals surface area contributed by atoms with Crippen molar-refractivity contribution in [2.24, 2.45) is 17.3 Å².